The first-order valence-corrected chi connectivity index (χ1v) is 6.22. The molecule has 1 aromatic carbocycles. The van der Waals surface area contributed by atoms with Crippen LogP contribution in [0.2, 0.25) is 0 Å². The maximum absolute atomic E-state index is 11.9. The molecule has 5 nitrogen and oxygen atoms in total. The molecule has 19 heavy (non-hydrogen) atoms. The molecule has 2 rings (SSSR count). The number of rotatable bonds is 4. The second-order valence-corrected chi connectivity index (χ2v) is 4.31. The highest BCUT2D eigenvalue weighted by Gasteiger charge is 2.49. The monoisotopic (exact) mass is 266 g/mol. The van der Waals surface area contributed by atoms with Crippen LogP contribution in [0.15, 0.2) is 30.3 Å². The number of hydrogen-bond acceptors (Lipinski definition) is 5. The molecule has 1 unspecified atom stereocenters. The lowest BCUT2D eigenvalue weighted by molar-refractivity contribution is -0.318. The number of carbonyl (C=O) groups is 1. The van der Waals surface area contributed by atoms with Gasteiger partial charge in [0, 0.05) is 14.0 Å². The van der Waals surface area contributed by atoms with Crippen LogP contribution in [0.3, 0.4) is 0 Å². The molecular formula is C14H18O5. The Morgan fingerprint density at radius 3 is 2.58 bits per heavy atom. The lowest BCUT2D eigenvalue weighted by Crippen LogP contribution is -2.32. The fourth-order valence-corrected chi connectivity index (χ4v) is 1.99. The third kappa shape index (κ3) is 2.94. The molecule has 0 aromatic heterocycles. The van der Waals surface area contributed by atoms with Crippen molar-refractivity contribution in [3.05, 3.63) is 35.9 Å². The van der Waals surface area contributed by atoms with Crippen LogP contribution in [0.1, 0.15) is 25.5 Å². The van der Waals surface area contributed by atoms with Crippen LogP contribution in [0.4, 0.5) is 0 Å². The average Bonchev–Trinajstić information content (AvgIpc) is 2.79. The fraction of sp³-hybridized carbons (Fsp3) is 0.500. The van der Waals surface area contributed by atoms with Crippen LogP contribution in [0.5, 0.6) is 0 Å². The van der Waals surface area contributed by atoms with E-state index in [0.29, 0.717) is 6.61 Å². The Labute approximate surface area is 112 Å². The van der Waals surface area contributed by atoms with E-state index in [9.17, 15) is 4.79 Å². The third-order valence-electron chi connectivity index (χ3n) is 2.97. The molecule has 1 fully saturated rings. The van der Waals surface area contributed by atoms with Gasteiger partial charge in [-0.2, -0.15) is 0 Å². The Kier molecular flexibility index (Phi) is 4.19. The van der Waals surface area contributed by atoms with E-state index in [1.165, 1.54) is 7.11 Å². The van der Waals surface area contributed by atoms with Crippen molar-refractivity contribution in [3.8, 4) is 0 Å². The van der Waals surface area contributed by atoms with Gasteiger partial charge in [0.15, 0.2) is 6.10 Å². The second-order valence-electron chi connectivity index (χ2n) is 4.31. The smallest absolute Gasteiger partial charge is 0.338 e. The van der Waals surface area contributed by atoms with E-state index in [-0.39, 0.29) is 0 Å². The van der Waals surface area contributed by atoms with Crippen LogP contribution in [-0.4, -0.2) is 31.8 Å². The maximum atomic E-state index is 11.9. The van der Waals surface area contributed by atoms with Gasteiger partial charge < -0.3 is 18.9 Å². The van der Waals surface area contributed by atoms with Gasteiger partial charge in [0.25, 0.3) is 5.97 Å². The van der Waals surface area contributed by atoms with Crippen molar-refractivity contribution >= 4 is 5.97 Å². The Balaban J connectivity index is 2.25. The van der Waals surface area contributed by atoms with Crippen molar-refractivity contribution in [1.29, 1.82) is 0 Å². The minimum absolute atomic E-state index is 0.296. The van der Waals surface area contributed by atoms with Crippen LogP contribution >= 0.6 is 0 Å². The van der Waals surface area contributed by atoms with Crippen molar-refractivity contribution in [2.24, 2.45) is 0 Å². The van der Waals surface area contributed by atoms with Crippen LogP contribution in [0, 0.1) is 0 Å². The molecule has 0 spiro atoms. The molecule has 0 bridgehead atoms. The van der Waals surface area contributed by atoms with Crippen LogP contribution in [0.25, 0.3) is 0 Å². The summed E-state index contributed by atoms with van der Waals surface area (Å²) in [5, 5.41) is 0. The molecular weight excluding hydrogens is 248 g/mol. The van der Waals surface area contributed by atoms with E-state index in [0.717, 1.165) is 5.56 Å². The molecule has 1 saturated heterocycles. The molecule has 1 aromatic rings. The largest absolute Gasteiger partial charge is 0.464 e. The molecule has 0 amide bonds. The lowest BCUT2D eigenvalue weighted by atomic mass is 10.0. The van der Waals surface area contributed by atoms with E-state index in [4.69, 9.17) is 18.9 Å². The topological polar surface area (TPSA) is 54.0 Å². The summed E-state index contributed by atoms with van der Waals surface area (Å²) >= 11 is 0. The van der Waals surface area contributed by atoms with Gasteiger partial charge in [-0.15, -0.1) is 0 Å². The van der Waals surface area contributed by atoms with E-state index >= 15 is 0 Å². The summed E-state index contributed by atoms with van der Waals surface area (Å²) in [6.45, 7) is 3.67. The number of benzene rings is 1. The van der Waals surface area contributed by atoms with Gasteiger partial charge in [-0.3, -0.25) is 0 Å². The van der Waals surface area contributed by atoms with Gasteiger partial charge >= 0.3 is 5.97 Å². The SMILES string of the molecule is CCOC(=O)[C@@H]1OC(C)(OC)O[C@H]1c1ccccc1. The summed E-state index contributed by atoms with van der Waals surface area (Å²) in [5.74, 6) is -1.69. The molecule has 0 aliphatic carbocycles. The highest BCUT2D eigenvalue weighted by molar-refractivity contribution is 5.76. The zero-order valence-corrected chi connectivity index (χ0v) is 11.3. The Morgan fingerprint density at radius 1 is 1.32 bits per heavy atom. The number of esters is 1. The molecule has 104 valence electrons. The molecule has 0 N–H and O–H groups in total. The average molecular weight is 266 g/mol. The summed E-state index contributed by atoms with van der Waals surface area (Å²) in [5.41, 5.74) is 0.848. The summed E-state index contributed by atoms with van der Waals surface area (Å²) in [6, 6.07) is 9.41. The van der Waals surface area contributed by atoms with Crippen LogP contribution in [-0.2, 0) is 23.7 Å². The van der Waals surface area contributed by atoms with Gasteiger partial charge in [-0.05, 0) is 12.5 Å². The molecule has 5 heteroatoms. The number of ether oxygens (including phenoxy) is 4. The van der Waals surface area contributed by atoms with Crippen LogP contribution < -0.4 is 0 Å². The number of hydrogen-bond donors (Lipinski definition) is 0. The van der Waals surface area contributed by atoms with Crippen molar-refractivity contribution in [2.75, 3.05) is 13.7 Å². The summed E-state index contributed by atoms with van der Waals surface area (Å²) < 4.78 is 21.5. The van der Waals surface area contributed by atoms with E-state index < -0.39 is 24.2 Å². The maximum Gasteiger partial charge on any atom is 0.338 e. The standard InChI is InChI=1S/C14H18O5/c1-4-17-13(15)12-11(10-8-6-5-7-9-10)18-14(2,16-3)19-12/h5-9,11-12H,4H2,1-3H3/t11-,12+,14?/m0/s1. The first kappa shape index (κ1) is 14.0. The predicted octanol–water partition coefficient (Wildman–Crippen LogP) is 2.03. The molecule has 1 aliphatic rings. The zero-order valence-electron chi connectivity index (χ0n) is 11.3. The Bertz CT molecular complexity index is 433. The summed E-state index contributed by atoms with van der Waals surface area (Å²) in [6.07, 6.45) is -1.36. The van der Waals surface area contributed by atoms with E-state index in [1.54, 1.807) is 13.8 Å². The quantitative estimate of drug-likeness (QED) is 0.780. The van der Waals surface area contributed by atoms with E-state index in [1.807, 2.05) is 30.3 Å². The minimum atomic E-state index is -1.24. The fourth-order valence-electron chi connectivity index (χ4n) is 1.99. The van der Waals surface area contributed by atoms with Gasteiger partial charge in [0.1, 0.15) is 6.10 Å². The minimum Gasteiger partial charge on any atom is -0.464 e. The molecule has 0 radical (unpaired) electrons. The van der Waals surface area contributed by atoms with Gasteiger partial charge in [0.2, 0.25) is 0 Å². The molecule has 1 heterocycles. The highest BCUT2D eigenvalue weighted by Crippen LogP contribution is 2.39. The molecule has 3 atom stereocenters. The van der Waals surface area contributed by atoms with Gasteiger partial charge in [-0.1, -0.05) is 30.3 Å². The normalized spacial score (nSPS) is 30.3. The molecule has 1 aliphatic heterocycles. The second kappa shape index (κ2) is 5.69. The van der Waals surface area contributed by atoms with Crippen molar-refractivity contribution in [3.63, 3.8) is 0 Å². The number of methoxy groups -OCH3 is 1. The zero-order chi connectivity index (χ0) is 13.9. The third-order valence-corrected chi connectivity index (χ3v) is 2.97. The van der Waals surface area contributed by atoms with Gasteiger partial charge in [-0.25, -0.2) is 4.79 Å². The highest BCUT2D eigenvalue weighted by atomic mass is 16.9. The van der Waals surface area contributed by atoms with Crippen molar-refractivity contribution in [1.82, 2.24) is 0 Å². The number of carbonyl (C=O) groups excluding carboxylic acids is 1. The van der Waals surface area contributed by atoms with Gasteiger partial charge in [0.05, 0.1) is 6.61 Å². The lowest BCUT2D eigenvalue weighted by Gasteiger charge is -2.20. The Morgan fingerprint density at radius 2 is 2.00 bits per heavy atom. The predicted molar refractivity (Wildman–Crippen MR) is 67.2 cm³/mol. The molecule has 0 saturated carbocycles. The summed E-state index contributed by atoms with van der Waals surface area (Å²) in [4.78, 5) is 11.9. The first-order chi connectivity index (χ1) is 9.09. The first-order valence-electron chi connectivity index (χ1n) is 6.22. The van der Waals surface area contributed by atoms with E-state index in [2.05, 4.69) is 0 Å². The summed E-state index contributed by atoms with van der Waals surface area (Å²) in [7, 11) is 1.47. The van der Waals surface area contributed by atoms with Crippen molar-refractivity contribution in [2.45, 2.75) is 32.0 Å². The Hall–Kier alpha value is -1.43. The van der Waals surface area contributed by atoms with Crippen molar-refractivity contribution < 1.29 is 23.7 Å².